The summed E-state index contributed by atoms with van der Waals surface area (Å²) in [4.78, 5) is 16.7. The lowest BCUT2D eigenvalue weighted by Crippen LogP contribution is -2.41. The largest absolute Gasteiger partial charge is 0.444 e. The third-order valence-electron chi connectivity index (χ3n) is 4.41. The predicted molar refractivity (Wildman–Crippen MR) is 90.7 cm³/mol. The molecule has 0 spiro atoms. The van der Waals surface area contributed by atoms with Gasteiger partial charge >= 0.3 is 0 Å². The molecule has 0 bridgehead atoms. The van der Waals surface area contributed by atoms with Crippen molar-refractivity contribution in [2.24, 2.45) is 0 Å². The van der Waals surface area contributed by atoms with Crippen molar-refractivity contribution in [2.45, 2.75) is 38.8 Å². The van der Waals surface area contributed by atoms with E-state index in [-0.39, 0.29) is 18.4 Å². The molecule has 3 heterocycles. The van der Waals surface area contributed by atoms with E-state index in [0.717, 1.165) is 30.1 Å². The molecule has 7 heteroatoms. The number of amides is 1. The summed E-state index contributed by atoms with van der Waals surface area (Å²) in [7, 11) is 0. The summed E-state index contributed by atoms with van der Waals surface area (Å²) < 4.78 is 7.55. The van der Waals surface area contributed by atoms with Crippen LogP contribution in [-0.2, 0) is 24.2 Å². The second-order valence-electron chi connectivity index (χ2n) is 6.26. The monoisotopic (exact) mass is 337 g/mol. The van der Waals surface area contributed by atoms with Crippen molar-refractivity contribution >= 4 is 5.91 Å². The molecule has 1 atom stereocenters. The summed E-state index contributed by atoms with van der Waals surface area (Å²) in [6, 6.07) is 9.74. The van der Waals surface area contributed by atoms with Gasteiger partial charge in [0.2, 0.25) is 11.8 Å². The van der Waals surface area contributed by atoms with Crippen LogP contribution in [0.15, 0.2) is 41.0 Å². The van der Waals surface area contributed by atoms with Gasteiger partial charge in [0.25, 0.3) is 0 Å². The third-order valence-corrected chi connectivity index (χ3v) is 4.41. The molecule has 0 fully saturated rings. The van der Waals surface area contributed by atoms with Crippen LogP contribution in [0.2, 0.25) is 0 Å². The molecule has 25 heavy (non-hydrogen) atoms. The highest BCUT2D eigenvalue weighted by molar-refractivity contribution is 5.78. The van der Waals surface area contributed by atoms with Crippen molar-refractivity contribution < 1.29 is 9.21 Å². The molecule has 0 unspecified atom stereocenters. The maximum absolute atomic E-state index is 12.3. The Bertz CT molecular complexity index is 884. The van der Waals surface area contributed by atoms with Crippen molar-refractivity contribution in [3.63, 3.8) is 0 Å². The van der Waals surface area contributed by atoms with Gasteiger partial charge < -0.3 is 14.3 Å². The van der Waals surface area contributed by atoms with Crippen LogP contribution in [0.1, 0.15) is 23.8 Å². The minimum absolute atomic E-state index is 0.0490. The Morgan fingerprint density at radius 2 is 2.16 bits per heavy atom. The number of benzene rings is 1. The van der Waals surface area contributed by atoms with Crippen LogP contribution in [0.4, 0.5) is 0 Å². The van der Waals surface area contributed by atoms with E-state index in [1.807, 2.05) is 37.3 Å². The topological polar surface area (TPSA) is 85.8 Å². The highest BCUT2D eigenvalue weighted by Gasteiger charge is 2.23. The minimum Gasteiger partial charge on any atom is -0.444 e. The average molecular weight is 337 g/mol. The highest BCUT2D eigenvalue weighted by Crippen LogP contribution is 2.18. The standard InChI is InChI=1S/C18H19N5O2/c1-12-21-22-16-8-7-14(10-23(12)16)19-17(24)9-15-11-25-18(20-15)13-5-3-2-4-6-13/h2-6,11,14H,7-10H2,1H3,(H,19,24)/t14-/m0/s1. The summed E-state index contributed by atoms with van der Waals surface area (Å²) in [5, 5.41) is 11.3. The van der Waals surface area contributed by atoms with Gasteiger partial charge in [0.05, 0.1) is 12.1 Å². The minimum atomic E-state index is -0.0490. The van der Waals surface area contributed by atoms with E-state index in [1.54, 1.807) is 6.26 Å². The average Bonchev–Trinajstić information content (AvgIpc) is 3.23. The van der Waals surface area contributed by atoms with Gasteiger partial charge in [-0.05, 0) is 25.5 Å². The van der Waals surface area contributed by atoms with Gasteiger partial charge in [-0.2, -0.15) is 0 Å². The van der Waals surface area contributed by atoms with Gasteiger partial charge in [0.15, 0.2) is 0 Å². The molecule has 1 aliphatic rings. The summed E-state index contributed by atoms with van der Waals surface area (Å²) >= 11 is 0. The molecule has 1 aromatic carbocycles. The number of hydrogen-bond acceptors (Lipinski definition) is 5. The van der Waals surface area contributed by atoms with Gasteiger partial charge in [-0.25, -0.2) is 4.98 Å². The normalized spacial score (nSPS) is 16.4. The lowest BCUT2D eigenvalue weighted by Gasteiger charge is -2.24. The SMILES string of the molecule is Cc1nnc2n1C[C@@H](NC(=O)Cc1coc(-c3ccccc3)n1)CC2. The molecule has 1 amide bonds. The zero-order chi connectivity index (χ0) is 17.2. The van der Waals surface area contributed by atoms with Crippen LogP contribution >= 0.6 is 0 Å². The number of fused-ring (bicyclic) bond motifs is 1. The number of rotatable bonds is 4. The summed E-state index contributed by atoms with van der Waals surface area (Å²) in [6.07, 6.45) is 3.46. The zero-order valence-electron chi connectivity index (χ0n) is 14.0. The van der Waals surface area contributed by atoms with Gasteiger partial charge in [0, 0.05) is 24.6 Å². The van der Waals surface area contributed by atoms with Gasteiger partial charge in [-0.3, -0.25) is 4.79 Å². The first-order valence-corrected chi connectivity index (χ1v) is 8.37. The molecule has 128 valence electrons. The fourth-order valence-corrected chi connectivity index (χ4v) is 3.12. The number of hydrogen-bond donors (Lipinski definition) is 1. The number of aryl methyl sites for hydroxylation is 2. The fourth-order valence-electron chi connectivity index (χ4n) is 3.12. The Kier molecular flexibility index (Phi) is 4.05. The first-order valence-electron chi connectivity index (χ1n) is 8.37. The number of oxazole rings is 1. The van der Waals surface area contributed by atoms with Crippen molar-refractivity contribution in [2.75, 3.05) is 0 Å². The Morgan fingerprint density at radius 1 is 1.32 bits per heavy atom. The summed E-state index contributed by atoms with van der Waals surface area (Å²) in [5.41, 5.74) is 1.53. The molecule has 0 radical (unpaired) electrons. The van der Waals surface area contributed by atoms with Gasteiger partial charge in [-0.1, -0.05) is 18.2 Å². The molecule has 7 nitrogen and oxygen atoms in total. The Labute approximate surface area is 145 Å². The highest BCUT2D eigenvalue weighted by atomic mass is 16.3. The lowest BCUT2D eigenvalue weighted by molar-refractivity contribution is -0.121. The smallest absolute Gasteiger partial charge is 0.226 e. The number of nitrogens with one attached hydrogen (secondary N) is 1. The fraction of sp³-hybridized carbons (Fsp3) is 0.333. The first-order chi connectivity index (χ1) is 12.2. The van der Waals surface area contributed by atoms with Gasteiger partial charge in [-0.15, -0.1) is 10.2 Å². The Morgan fingerprint density at radius 3 is 3.00 bits per heavy atom. The molecular formula is C18H19N5O2. The lowest BCUT2D eigenvalue weighted by atomic mass is 10.1. The van der Waals surface area contributed by atoms with Crippen LogP contribution in [0.5, 0.6) is 0 Å². The predicted octanol–water partition coefficient (Wildman–Crippen LogP) is 1.92. The molecule has 4 rings (SSSR count). The maximum atomic E-state index is 12.3. The van der Waals surface area contributed by atoms with Crippen LogP contribution < -0.4 is 5.32 Å². The van der Waals surface area contributed by atoms with Gasteiger partial charge in [0.1, 0.15) is 17.9 Å². The van der Waals surface area contributed by atoms with Crippen molar-refractivity contribution in [1.29, 1.82) is 0 Å². The molecule has 1 N–H and O–H groups in total. The van der Waals surface area contributed by atoms with E-state index in [1.165, 1.54) is 0 Å². The van der Waals surface area contributed by atoms with E-state index < -0.39 is 0 Å². The van der Waals surface area contributed by atoms with Crippen LogP contribution in [-0.4, -0.2) is 31.7 Å². The van der Waals surface area contributed by atoms with E-state index in [4.69, 9.17) is 4.42 Å². The second-order valence-corrected chi connectivity index (χ2v) is 6.26. The first kappa shape index (κ1) is 15.6. The molecule has 1 aliphatic heterocycles. The van der Waals surface area contributed by atoms with Crippen molar-refractivity contribution in [1.82, 2.24) is 25.1 Å². The molecule has 0 saturated carbocycles. The van der Waals surface area contributed by atoms with E-state index in [9.17, 15) is 4.79 Å². The molecule has 2 aromatic heterocycles. The van der Waals surface area contributed by atoms with Crippen LogP contribution in [0, 0.1) is 6.92 Å². The summed E-state index contributed by atoms with van der Waals surface area (Å²) in [5.74, 6) is 2.36. The van der Waals surface area contributed by atoms with Crippen molar-refractivity contribution in [3.05, 3.63) is 53.9 Å². The number of carbonyl (C=O) groups excluding carboxylic acids is 1. The van der Waals surface area contributed by atoms with E-state index >= 15 is 0 Å². The molecular weight excluding hydrogens is 318 g/mol. The quantitative estimate of drug-likeness (QED) is 0.786. The summed E-state index contributed by atoms with van der Waals surface area (Å²) in [6.45, 7) is 2.65. The zero-order valence-corrected chi connectivity index (χ0v) is 14.0. The molecule has 3 aromatic rings. The number of aromatic nitrogens is 4. The Hall–Kier alpha value is -2.96. The molecule has 0 aliphatic carbocycles. The van der Waals surface area contributed by atoms with E-state index in [2.05, 4.69) is 25.1 Å². The Balaban J connectivity index is 1.37. The van der Waals surface area contributed by atoms with Crippen molar-refractivity contribution in [3.8, 4) is 11.5 Å². The maximum Gasteiger partial charge on any atom is 0.226 e. The van der Waals surface area contributed by atoms with E-state index in [0.29, 0.717) is 18.1 Å². The van der Waals surface area contributed by atoms with Crippen LogP contribution in [0.25, 0.3) is 11.5 Å². The number of nitrogens with zero attached hydrogens (tertiary/aromatic N) is 4. The van der Waals surface area contributed by atoms with Crippen LogP contribution in [0.3, 0.4) is 0 Å². The second kappa shape index (κ2) is 6.51. The number of carbonyl (C=O) groups is 1. The molecule has 0 saturated heterocycles. The third kappa shape index (κ3) is 3.31.